The highest BCUT2D eigenvalue weighted by atomic mass is 15.4. The quantitative estimate of drug-likeness (QED) is 0.751. The lowest BCUT2D eigenvalue weighted by Gasteiger charge is -2.34. The van der Waals surface area contributed by atoms with Gasteiger partial charge in [-0.25, -0.2) is 9.97 Å². The summed E-state index contributed by atoms with van der Waals surface area (Å²) in [6, 6.07) is 11.0. The minimum absolute atomic E-state index is 0.441. The molecule has 27 heavy (non-hydrogen) atoms. The van der Waals surface area contributed by atoms with E-state index in [2.05, 4.69) is 61.7 Å². The summed E-state index contributed by atoms with van der Waals surface area (Å²) in [5.74, 6) is 1.67. The lowest BCUT2D eigenvalue weighted by atomic mass is 10.0. The van der Waals surface area contributed by atoms with Crippen molar-refractivity contribution in [3.63, 3.8) is 0 Å². The fraction of sp³-hybridized carbons (Fsp3) is 0.400. The third kappa shape index (κ3) is 4.07. The molecule has 0 spiro atoms. The number of hydrogen-bond acceptors (Lipinski definition) is 6. The third-order valence-electron chi connectivity index (χ3n) is 4.99. The summed E-state index contributed by atoms with van der Waals surface area (Å²) in [6.07, 6.45) is 5.95. The highest BCUT2D eigenvalue weighted by Crippen LogP contribution is 2.26. The monoisotopic (exact) mass is 363 g/mol. The molecule has 1 aliphatic rings. The second kappa shape index (κ2) is 7.73. The smallest absolute Gasteiger partial charge is 0.168 e. The molecule has 0 saturated carbocycles. The maximum Gasteiger partial charge on any atom is 0.168 e. The SMILES string of the molecule is CCn1cc(NC2CCN(c3cccc(-c4ccnc(C)n4)c3)CC2)nn1. The number of piperidine rings is 1. The molecule has 0 atom stereocenters. The number of aryl methyl sites for hydroxylation is 2. The molecular weight excluding hydrogens is 338 g/mol. The zero-order valence-corrected chi connectivity index (χ0v) is 15.8. The van der Waals surface area contributed by atoms with Crippen LogP contribution in [0.3, 0.4) is 0 Å². The zero-order valence-electron chi connectivity index (χ0n) is 15.8. The maximum absolute atomic E-state index is 4.54. The topological polar surface area (TPSA) is 71.8 Å². The van der Waals surface area contributed by atoms with E-state index in [-0.39, 0.29) is 0 Å². The van der Waals surface area contributed by atoms with Crippen LogP contribution in [0.4, 0.5) is 11.5 Å². The molecule has 1 aliphatic heterocycles. The molecule has 1 saturated heterocycles. The average molecular weight is 363 g/mol. The van der Waals surface area contributed by atoms with E-state index >= 15 is 0 Å². The number of nitrogens with one attached hydrogen (secondary N) is 1. The summed E-state index contributed by atoms with van der Waals surface area (Å²) in [4.78, 5) is 11.2. The normalized spacial score (nSPS) is 15.1. The van der Waals surface area contributed by atoms with E-state index in [4.69, 9.17) is 0 Å². The molecule has 2 aromatic heterocycles. The summed E-state index contributed by atoms with van der Waals surface area (Å²) < 4.78 is 1.85. The Morgan fingerprint density at radius 3 is 2.78 bits per heavy atom. The van der Waals surface area contributed by atoms with Crippen molar-refractivity contribution in [2.24, 2.45) is 0 Å². The van der Waals surface area contributed by atoms with Crippen molar-refractivity contribution >= 4 is 11.5 Å². The van der Waals surface area contributed by atoms with Crippen molar-refractivity contribution in [3.05, 3.63) is 48.5 Å². The molecule has 1 aromatic carbocycles. The van der Waals surface area contributed by atoms with Gasteiger partial charge in [0.2, 0.25) is 0 Å². The molecule has 0 aliphatic carbocycles. The largest absolute Gasteiger partial charge is 0.371 e. The van der Waals surface area contributed by atoms with Crippen molar-refractivity contribution in [3.8, 4) is 11.3 Å². The van der Waals surface area contributed by atoms with Crippen molar-refractivity contribution < 1.29 is 0 Å². The molecule has 0 amide bonds. The molecule has 3 heterocycles. The standard InChI is InChI=1S/C20H25N7/c1-3-27-14-20(24-25-27)23-17-8-11-26(12-9-17)18-6-4-5-16(13-18)19-7-10-21-15(2)22-19/h4-7,10,13-14,17,23H,3,8-9,11-12H2,1-2H3. The van der Waals surface area contributed by atoms with Gasteiger partial charge >= 0.3 is 0 Å². The van der Waals surface area contributed by atoms with Crippen LogP contribution in [0.5, 0.6) is 0 Å². The second-order valence-electron chi connectivity index (χ2n) is 6.90. The number of anilines is 2. The van der Waals surface area contributed by atoms with Crippen LogP contribution >= 0.6 is 0 Å². The first-order valence-electron chi connectivity index (χ1n) is 9.53. The van der Waals surface area contributed by atoms with Gasteiger partial charge < -0.3 is 10.2 Å². The number of hydrogen-bond donors (Lipinski definition) is 1. The van der Waals surface area contributed by atoms with Crippen LogP contribution in [0.2, 0.25) is 0 Å². The molecule has 3 aromatic rings. The molecule has 0 bridgehead atoms. The van der Waals surface area contributed by atoms with E-state index in [1.54, 1.807) is 0 Å². The van der Waals surface area contributed by atoms with Crippen LogP contribution in [-0.2, 0) is 6.54 Å². The van der Waals surface area contributed by atoms with Crippen molar-refractivity contribution in [2.45, 2.75) is 39.3 Å². The van der Waals surface area contributed by atoms with Crippen molar-refractivity contribution in [2.75, 3.05) is 23.3 Å². The Hall–Kier alpha value is -2.96. The van der Waals surface area contributed by atoms with Gasteiger partial charge in [0.25, 0.3) is 0 Å². The van der Waals surface area contributed by atoms with Gasteiger partial charge in [-0.1, -0.05) is 17.3 Å². The van der Waals surface area contributed by atoms with Crippen LogP contribution in [0.25, 0.3) is 11.3 Å². The first kappa shape index (κ1) is 17.5. The predicted octanol–water partition coefficient (Wildman–Crippen LogP) is 3.14. The lowest BCUT2D eigenvalue weighted by molar-refractivity contribution is 0.525. The van der Waals surface area contributed by atoms with Crippen molar-refractivity contribution in [1.29, 1.82) is 0 Å². The van der Waals surface area contributed by atoms with Gasteiger partial charge in [0.15, 0.2) is 5.82 Å². The molecule has 0 radical (unpaired) electrons. The Morgan fingerprint density at radius 1 is 1.19 bits per heavy atom. The highest BCUT2D eigenvalue weighted by Gasteiger charge is 2.20. The Kier molecular flexibility index (Phi) is 5.00. The van der Waals surface area contributed by atoms with Crippen LogP contribution in [0.15, 0.2) is 42.7 Å². The summed E-state index contributed by atoms with van der Waals surface area (Å²) in [5.41, 5.74) is 3.36. The maximum atomic E-state index is 4.54. The van der Waals surface area contributed by atoms with Crippen LogP contribution in [0.1, 0.15) is 25.6 Å². The van der Waals surface area contributed by atoms with Crippen LogP contribution in [0, 0.1) is 6.92 Å². The molecule has 140 valence electrons. The molecule has 1 N–H and O–H groups in total. The minimum atomic E-state index is 0.441. The van der Waals surface area contributed by atoms with E-state index in [1.165, 1.54) is 5.69 Å². The summed E-state index contributed by atoms with van der Waals surface area (Å²) >= 11 is 0. The number of aromatic nitrogens is 5. The summed E-state index contributed by atoms with van der Waals surface area (Å²) in [6.45, 7) is 6.87. The van der Waals surface area contributed by atoms with Gasteiger partial charge in [0.1, 0.15) is 5.82 Å². The fourth-order valence-electron chi connectivity index (χ4n) is 3.49. The Labute approximate surface area is 159 Å². The van der Waals surface area contributed by atoms with Gasteiger partial charge in [0.05, 0.1) is 11.9 Å². The van der Waals surface area contributed by atoms with Gasteiger partial charge in [-0.15, -0.1) is 5.10 Å². The number of nitrogens with zero attached hydrogens (tertiary/aromatic N) is 6. The fourth-order valence-corrected chi connectivity index (χ4v) is 3.49. The Morgan fingerprint density at radius 2 is 2.04 bits per heavy atom. The van der Waals surface area contributed by atoms with E-state index in [0.29, 0.717) is 6.04 Å². The minimum Gasteiger partial charge on any atom is -0.371 e. The first-order valence-corrected chi connectivity index (χ1v) is 9.53. The zero-order chi connectivity index (χ0) is 18.6. The third-order valence-corrected chi connectivity index (χ3v) is 4.99. The average Bonchev–Trinajstić information content (AvgIpc) is 3.16. The number of benzene rings is 1. The Balaban J connectivity index is 1.40. The predicted molar refractivity (Wildman–Crippen MR) is 107 cm³/mol. The van der Waals surface area contributed by atoms with E-state index in [0.717, 1.165) is 55.4 Å². The van der Waals surface area contributed by atoms with Gasteiger partial charge in [-0.3, -0.25) is 4.68 Å². The first-order chi connectivity index (χ1) is 13.2. The van der Waals surface area contributed by atoms with Crippen molar-refractivity contribution in [1.82, 2.24) is 25.0 Å². The highest BCUT2D eigenvalue weighted by molar-refractivity contribution is 5.65. The van der Waals surface area contributed by atoms with Gasteiger partial charge in [-0.05, 0) is 44.9 Å². The van der Waals surface area contributed by atoms with Gasteiger partial charge in [0, 0.05) is 43.1 Å². The molecular formula is C20H25N7. The molecule has 4 rings (SSSR count). The van der Waals surface area contributed by atoms with Gasteiger partial charge in [-0.2, -0.15) is 0 Å². The number of rotatable bonds is 5. The molecule has 0 unspecified atom stereocenters. The van der Waals surface area contributed by atoms with Crippen LogP contribution in [-0.4, -0.2) is 44.1 Å². The van der Waals surface area contributed by atoms with E-state index < -0.39 is 0 Å². The Bertz CT molecular complexity index is 897. The summed E-state index contributed by atoms with van der Waals surface area (Å²) in [7, 11) is 0. The molecule has 7 heteroatoms. The lowest BCUT2D eigenvalue weighted by Crippen LogP contribution is -2.39. The van der Waals surface area contributed by atoms with E-state index in [1.807, 2.05) is 30.1 Å². The second-order valence-corrected chi connectivity index (χ2v) is 6.90. The van der Waals surface area contributed by atoms with E-state index in [9.17, 15) is 0 Å². The molecule has 1 fully saturated rings. The molecule has 7 nitrogen and oxygen atoms in total. The van der Waals surface area contributed by atoms with Crippen LogP contribution < -0.4 is 10.2 Å². The summed E-state index contributed by atoms with van der Waals surface area (Å²) in [5, 5.41) is 11.8.